The van der Waals surface area contributed by atoms with Gasteiger partial charge in [-0.2, -0.15) is 9.97 Å². The number of ether oxygens (including phenoxy) is 2. The van der Waals surface area contributed by atoms with E-state index in [2.05, 4.69) is 20.3 Å². The van der Waals surface area contributed by atoms with Crippen molar-refractivity contribution in [3.63, 3.8) is 0 Å². The van der Waals surface area contributed by atoms with Gasteiger partial charge in [0, 0.05) is 7.05 Å². The van der Waals surface area contributed by atoms with Crippen molar-refractivity contribution in [3.8, 4) is 17.8 Å². The Labute approximate surface area is 118 Å². The number of anilines is 1. The minimum absolute atomic E-state index is 0.0200. The van der Waals surface area contributed by atoms with E-state index in [4.69, 9.17) is 9.47 Å². The smallest absolute Gasteiger partial charge is 0.330 e. The van der Waals surface area contributed by atoms with Gasteiger partial charge in [0.15, 0.2) is 0 Å². The van der Waals surface area contributed by atoms with Crippen molar-refractivity contribution >= 4 is 5.95 Å². The maximum atomic E-state index is 5.69. The molecule has 6 heteroatoms. The lowest BCUT2D eigenvalue weighted by Gasteiger charge is -2.11. The summed E-state index contributed by atoms with van der Waals surface area (Å²) in [6.45, 7) is 5.77. The number of aryl methyl sites for hydroxylation is 1. The molecular formula is C14H18N4O2. The lowest BCUT2D eigenvalue weighted by molar-refractivity contribution is 0.218. The van der Waals surface area contributed by atoms with E-state index >= 15 is 0 Å². The first kappa shape index (κ1) is 14.0. The van der Waals surface area contributed by atoms with Gasteiger partial charge < -0.3 is 14.8 Å². The molecule has 1 N–H and O–H groups in total. The van der Waals surface area contributed by atoms with Crippen LogP contribution in [0.25, 0.3) is 0 Å². The third kappa shape index (κ3) is 3.57. The highest BCUT2D eigenvalue weighted by Gasteiger charge is 2.10. The summed E-state index contributed by atoms with van der Waals surface area (Å²) in [6.07, 6.45) is -0.0200. The molecule has 20 heavy (non-hydrogen) atoms. The van der Waals surface area contributed by atoms with Crippen LogP contribution in [0.3, 0.4) is 0 Å². The van der Waals surface area contributed by atoms with E-state index in [-0.39, 0.29) is 18.1 Å². The van der Waals surface area contributed by atoms with Crippen LogP contribution in [0.5, 0.6) is 17.8 Å². The number of rotatable bonds is 5. The molecule has 0 aliphatic carbocycles. The van der Waals surface area contributed by atoms with Crippen LogP contribution in [0.4, 0.5) is 5.95 Å². The fourth-order valence-electron chi connectivity index (χ4n) is 1.53. The van der Waals surface area contributed by atoms with Crippen LogP contribution in [-0.2, 0) is 0 Å². The fourth-order valence-corrected chi connectivity index (χ4v) is 1.53. The molecule has 0 aliphatic heterocycles. The zero-order valence-corrected chi connectivity index (χ0v) is 12.0. The Hall–Kier alpha value is -2.37. The predicted octanol–water partition coefficient (Wildman–Crippen LogP) is 2.80. The lowest BCUT2D eigenvalue weighted by Crippen LogP contribution is -2.11. The molecule has 0 aliphatic rings. The number of aromatic nitrogens is 3. The molecule has 0 radical (unpaired) electrons. The number of nitrogens with zero attached hydrogens (tertiary/aromatic N) is 3. The molecule has 2 rings (SSSR count). The SMILES string of the molecule is CNc1nc(Oc2ccccc2C)nc(OC(C)C)n1. The van der Waals surface area contributed by atoms with Gasteiger partial charge in [-0.15, -0.1) is 4.98 Å². The van der Waals surface area contributed by atoms with Gasteiger partial charge in [-0.3, -0.25) is 0 Å². The van der Waals surface area contributed by atoms with E-state index < -0.39 is 0 Å². The summed E-state index contributed by atoms with van der Waals surface area (Å²) in [5, 5.41) is 2.86. The Balaban J connectivity index is 2.29. The van der Waals surface area contributed by atoms with Gasteiger partial charge in [-0.05, 0) is 32.4 Å². The number of nitrogens with one attached hydrogen (secondary N) is 1. The first-order valence-electron chi connectivity index (χ1n) is 6.42. The summed E-state index contributed by atoms with van der Waals surface area (Å²) in [6, 6.07) is 8.11. The maximum absolute atomic E-state index is 5.69. The van der Waals surface area contributed by atoms with Crippen molar-refractivity contribution in [2.45, 2.75) is 26.9 Å². The first-order chi connectivity index (χ1) is 9.58. The molecule has 1 aromatic carbocycles. The van der Waals surface area contributed by atoms with Gasteiger partial charge >= 0.3 is 12.0 Å². The quantitative estimate of drug-likeness (QED) is 0.904. The number of hydrogen-bond donors (Lipinski definition) is 1. The van der Waals surface area contributed by atoms with Crippen molar-refractivity contribution in [2.75, 3.05) is 12.4 Å². The molecule has 1 aromatic heterocycles. The average Bonchev–Trinajstić information content (AvgIpc) is 2.40. The molecule has 106 valence electrons. The van der Waals surface area contributed by atoms with Crippen molar-refractivity contribution in [1.29, 1.82) is 0 Å². The van der Waals surface area contributed by atoms with Gasteiger partial charge in [0.05, 0.1) is 6.10 Å². The third-order valence-corrected chi connectivity index (χ3v) is 2.45. The summed E-state index contributed by atoms with van der Waals surface area (Å²) in [7, 11) is 1.73. The van der Waals surface area contributed by atoms with Crippen molar-refractivity contribution < 1.29 is 9.47 Å². The second-order valence-corrected chi connectivity index (χ2v) is 4.51. The molecule has 0 amide bonds. The van der Waals surface area contributed by atoms with E-state index in [9.17, 15) is 0 Å². The summed E-state index contributed by atoms with van der Waals surface area (Å²) < 4.78 is 11.2. The van der Waals surface area contributed by atoms with Gasteiger partial charge in [-0.1, -0.05) is 18.2 Å². The topological polar surface area (TPSA) is 69.2 Å². The Bertz CT molecular complexity index is 587. The average molecular weight is 274 g/mol. The molecule has 2 aromatic rings. The molecule has 0 saturated heterocycles. The molecule has 0 spiro atoms. The molecular weight excluding hydrogens is 256 g/mol. The second-order valence-electron chi connectivity index (χ2n) is 4.51. The largest absolute Gasteiger partial charge is 0.461 e. The van der Waals surface area contributed by atoms with E-state index in [0.29, 0.717) is 11.7 Å². The third-order valence-electron chi connectivity index (χ3n) is 2.45. The van der Waals surface area contributed by atoms with Crippen LogP contribution in [0.1, 0.15) is 19.4 Å². The van der Waals surface area contributed by atoms with Gasteiger partial charge in [-0.25, -0.2) is 0 Å². The van der Waals surface area contributed by atoms with E-state index in [0.717, 1.165) is 5.56 Å². The standard InChI is InChI=1S/C14H18N4O2/c1-9(2)19-13-16-12(15-4)17-14(18-13)20-11-8-6-5-7-10(11)3/h5-9H,1-4H3,(H,15,16,17,18). The van der Waals surface area contributed by atoms with Crippen molar-refractivity contribution in [3.05, 3.63) is 29.8 Å². The normalized spacial score (nSPS) is 10.4. The van der Waals surface area contributed by atoms with E-state index in [1.54, 1.807) is 7.05 Å². The Morgan fingerprint density at radius 3 is 2.40 bits per heavy atom. The van der Waals surface area contributed by atoms with Gasteiger partial charge in [0.2, 0.25) is 5.95 Å². The molecule has 0 saturated carbocycles. The van der Waals surface area contributed by atoms with Crippen LogP contribution in [0, 0.1) is 6.92 Å². The molecule has 1 heterocycles. The molecule has 0 atom stereocenters. The summed E-state index contributed by atoms with van der Waals surface area (Å²) in [5.41, 5.74) is 1.00. The predicted molar refractivity (Wildman–Crippen MR) is 76.4 cm³/mol. The van der Waals surface area contributed by atoms with Crippen LogP contribution in [0.2, 0.25) is 0 Å². The molecule has 6 nitrogen and oxygen atoms in total. The van der Waals surface area contributed by atoms with Crippen LogP contribution in [0.15, 0.2) is 24.3 Å². The summed E-state index contributed by atoms with van der Waals surface area (Å²) in [4.78, 5) is 12.4. The maximum Gasteiger partial charge on any atom is 0.330 e. The summed E-state index contributed by atoms with van der Waals surface area (Å²) in [5.74, 6) is 1.11. The van der Waals surface area contributed by atoms with E-state index in [1.807, 2.05) is 45.0 Å². The minimum atomic E-state index is -0.0200. The minimum Gasteiger partial charge on any atom is -0.461 e. The highest BCUT2D eigenvalue weighted by atomic mass is 16.5. The number of benzene rings is 1. The molecule has 0 bridgehead atoms. The van der Waals surface area contributed by atoms with Crippen LogP contribution >= 0.6 is 0 Å². The second kappa shape index (κ2) is 6.18. The Kier molecular flexibility index (Phi) is 4.34. The zero-order valence-electron chi connectivity index (χ0n) is 12.0. The Morgan fingerprint density at radius 2 is 1.75 bits per heavy atom. The van der Waals surface area contributed by atoms with Gasteiger partial charge in [0.25, 0.3) is 0 Å². The fraction of sp³-hybridized carbons (Fsp3) is 0.357. The molecule has 0 unspecified atom stereocenters. The number of para-hydroxylation sites is 1. The van der Waals surface area contributed by atoms with E-state index in [1.165, 1.54) is 0 Å². The van der Waals surface area contributed by atoms with Crippen molar-refractivity contribution in [1.82, 2.24) is 15.0 Å². The number of hydrogen-bond acceptors (Lipinski definition) is 6. The van der Waals surface area contributed by atoms with Crippen LogP contribution < -0.4 is 14.8 Å². The van der Waals surface area contributed by atoms with Crippen LogP contribution in [-0.4, -0.2) is 28.1 Å². The highest BCUT2D eigenvalue weighted by Crippen LogP contribution is 2.23. The lowest BCUT2D eigenvalue weighted by atomic mass is 10.2. The van der Waals surface area contributed by atoms with Gasteiger partial charge in [0.1, 0.15) is 5.75 Å². The zero-order chi connectivity index (χ0) is 14.5. The summed E-state index contributed by atoms with van der Waals surface area (Å²) >= 11 is 0. The monoisotopic (exact) mass is 274 g/mol. The highest BCUT2D eigenvalue weighted by molar-refractivity contribution is 5.35. The molecule has 0 fully saturated rings. The van der Waals surface area contributed by atoms with Crippen molar-refractivity contribution in [2.24, 2.45) is 0 Å². The first-order valence-corrected chi connectivity index (χ1v) is 6.42. The Morgan fingerprint density at radius 1 is 1.05 bits per heavy atom.